The highest BCUT2D eigenvalue weighted by atomic mass is 16.5. The van der Waals surface area contributed by atoms with Crippen LogP contribution in [0.15, 0.2) is 48.5 Å². The zero-order valence-electron chi connectivity index (χ0n) is 9.26. The first-order valence-electron chi connectivity index (χ1n) is 5.76. The summed E-state index contributed by atoms with van der Waals surface area (Å²) in [7, 11) is 0. The van der Waals surface area contributed by atoms with E-state index in [1.807, 2.05) is 12.1 Å². The number of fused-ring (bicyclic) bond motifs is 3. The van der Waals surface area contributed by atoms with Crippen molar-refractivity contribution < 1.29 is 4.74 Å². The van der Waals surface area contributed by atoms with Gasteiger partial charge in [0, 0.05) is 17.0 Å². The summed E-state index contributed by atoms with van der Waals surface area (Å²) in [6.07, 6.45) is 4.15. The van der Waals surface area contributed by atoms with Crippen LogP contribution in [-0.2, 0) is 0 Å². The highest BCUT2D eigenvalue weighted by Gasteiger charge is 2.14. The van der Waals surface area contributed by atoms with Gasteiger partial charge in [-0.15, -0.1) is 0 Å². The van der Waals surface area contributed by atoms with Crippen LogP contribution in [0.4, 0.5) is 0 Å². The van der Waals surface area contributed by atoms with Crippen LogP contribution in [-0.4, -0.2) is 11.2 Å². The first-order valence-corrected chi connectivity index (χ1v) is 5.76. The molecule has 0 saturated carbocycles. The Labute approximate surface area is 98.7 Å². The molecule has 0 spiro atoms. The molecule has 82 valence electrons. The van der Waals surface area contributed by atoms with Gasteiger partial charge in [0.2, 0.25) is 0 Å². The molecule has 0 aliphatic carbocycles. The van der Waals surface area contributed by atoms with Crippen LogP contribution in [0, 0.1) is 0 Å². The number of benzene rings is 2. The minimum Gasteiger partial charge on any atom is -0.487 e. The fourth-order valence-electron chi connectivity index (χ4n) is 2.58. The molecule has 17 heavy (non-hydrogen) atoms. The molecule has 0 unspecified atom stereocenters. The van der Waals surface area contributed by atoms with Crippen LogP contribution in [0.5, 0.6) is 5.75 Å². The first kappa shape index (κ1) is 8.88. The van der Waals surface area contributed by atoms with Crippen molar-refractivity contribution in [3.8, 4) is 5.75 Å². The first-order chi connectivity index (χ1) is 8.45. The zero-order chi connectivity index (χ0) is 11.2. The van der Waals surface area contributed by atoms with Crippen molar-refractivity contribution in [3.05, 3.63) is 48.5 Å². The number of ether oxygens (including phenoxy) is 1. The molecular weight excluding hydrogens is 210 g/mol. The summed E-state index contributed by atoms with van der Waals surface area (Å²) in [6, 6.07) is 14.7. The van der Waals surface area contributed by atoms with E-state index >= 15 is 0 Å². The van der Waals surface area contributed by atoms with Crippen LogP contribution in [0.3, 0.4) is 0 Å². The van der Waals surface area contributed by atoms with Crippen LogP contribution in [0.25, 0.3) is 28.0 Å². The summed E-state index contributed by atoms with van der Waals surface area (Å²) >= 11 is 0. The molecule has 0 N–H and O–H groups in total. The molecule has 2 nitrogen and oxygen atoms in total. The van der Waals surface area contributed by atoms with Crippen molar-refractivity contribution in [1.82, 2.24) is 4.57 Å². The Balaban J connectivity index is 2.35. The van der Waals surface area contributed by atoms with Crippen molar-refractivity contribution in [2.75, 3.05) is 6.61 Å². The standard InChI is InChI=1S/C15H11NO/c1-2-7-13-11(5-1)12-6-3-8-14-15(12)16(13)9-4-10-17-14/h1-9H,10H2. The summed E-state index contributed by atoms with van der Waals surface area (Å²) in [5.74, 6) is 0.962. The van der Waals surface area contributed by atoms with Crippen LogP contribution >= 0.6 is 0 Å². The molecule has 0 atom stereocenters. The minimum atomic E-state index is 0.634. The average molecular weight is 221 g/mol. The van der Waals surface area contributed by atoms with Gasteiger partial charge in [0.1, 0.15) is 12.4 Å². The second kappa shape index (κ2) is 3.14. The van der Waals surface area contributed by atoms with Crippen LogP contribution in [0.1, 0.15) is 0 Å². The SMILES string of the molecule is C1=Cn2c3ccccc3c3cccc(c32)OC1. The van der Waals surface area contributed by atoms with E-state index < -0.39 is 0 Å². The van der Waals surface area contributed by atoms with Crippen molar-refractivity contribution >= 4 is 28.0 Å². The predicted octanol–water partition coefficient (Wildman–Crippen LogP) is 3.66. The summed E-state index contributed by atoms with van der Waals surface area (Å²) < 4.78 is 7.96. The lowest BCUT2D eigenvalue weighted by molar-refractivity contribution is 0.369. The molecule has 1 aliphatic rings. The second-order valence-electron chi connectivity index (χ2n) is 4.24. The lowest BCUT2D eigenvalue weighted by Crippen LogP contribution is -1.91. The molecule has 0 bridgehead atoms. The molecule has 0 amide bonds. The van der Waals surface area contributed by atoms with E-state index in [4.69, 9.17) is 4.74 Å². The van der Waals surface area contributed by atoms with E-state index in [9.17, 15) is 0 Å². The topological polar surface area (TPSA) is 14.2 Å². The highest BCUT2D eigenvalue weighted by molar-refractivity contribution is 6.11. The van der Waals surface area contributed by atoms with E-state index in [1.54, 1.807) is 0 Å². The fraction of sp³-hybridized carbons (Fsp3) is 0.0667. The normalized spacial score (nSPS) is 13.9. The second-order valence-corrected chi connectivity index (χ2v) is 4.24. The van der Waals surface area contributed by atoms with E-state index in [0.29, 0.717) is 6.61 Å². The molecular formula is C15H11NO. The number of rotatable bonds is 0. The quantitative estimate of drug-likeness (QED) is 0.565. The van der Waals surface area contributed by atoms with Crippen LogP contribution in [0.2, 0.25) is 0 Å². The lowest BCUT2D eigenvalue weighted by atomic mass is 10.1. The van der Waals surface area contributed by atoms with Gasteiger partial charge in [0.15, 0.2) is 0 Å². The van der Waals surface area contributed by atoms with Gasteiger partial charge in [-0.25, -0.2) is 0 Å². The monoisotopic (exact) mass is 221 g/mol. The maximum Gasteiger partial charge on any atom is 0.144 e. The summed E-state index contributed by atoms with van der Waals surface area (Å²) in [5, 5.41) is 2.53. The van der Waals surface area contributed by atoms with Crippen molar-refractivity contribution in [2.24, 2.45) is 0 Å². The minimum absolute atomic E-state index is 0.634. The number of para-hydroxylation sites is 2. The molecule has 2 heterocycles. The number of hydrogen-bond donors (Lipinski definition) is 0. The maximum absolute atomic E-state index is 5.74. The average Bonchev–Trinajstić information content (AvgIpc) is 2.56. The molecule has 3 aromatic rings. The van der Waals surface area contributed by atoms with Gasteiger partial charge in [-0.1, -0.05) is 30.3 Å². The van der Waals surface area contributed by atoms with Gasteiger partial charge in [0.25, 0.3) is 0 Å². The molecule has 0 saturated heterocycles. The predicted molar refractivity (Wildman–Crippen MR) is 70.3 cm³/mol. The number of hydrogen-bond acceptors (Lipinski definition) is 1. The highest BCUT2D eigenvalue weighted by Crippen LogP contribution is 2.35. The largest absolute Gasteiger partial charge is 0.487 e. The number of nitrogens with zero attached hydrogens (tertiary/aromatic N) is 1. The van der Waals surface area contributed by atoms with Gasteiger partial charge in [-0.05, 0) is 18.2 Å². The van der Waals surface area contributed by atoms with Crippen molar-refractivity contribution in [1.29, 1.82) is 0 Å². The molecule has 1 aromatic heterocycles. The van der Waals surface area contributed by atoms with Gasteiger partial charge in [-0.3, -0.25) is 0 Å². The van der Waals surface area contributed by atoms with Gasteiger partial charge < -0.3 is 9.30 Å². The molecule has 4 rings (SSSR count). The van der Waals surface area contributed by atoms with Gasteiger partial charge >= 0.3 is 0 Å². The molecule has 1 aliphatic heterocycles. The summed E-state index contributed by atoms with van der Waals surface area (Å²) in [5.41, 5.74) is 2.40. The molecule has 0 fully saturated rings. The summed E-state index contributed by atoms with van der Waals surface area (Å²) in [4.78, 5) is 0. The Hall–Kier alpha value is -2.22. The fourth-order valence-corrected chi connectivity index (χ4v) is 2.58. The van der Waals surface area contributed by atoms with E-state index in [2.05, 4.69) is 47.2 Å². The molecule has 0 radical (unpaired) electrons. The van der Waals surface area contributed by atoms with Gasteiger partial charge in [0.05, 0.1) is 11.0 Å². The van der Waals surface area contributed by atoms with Crippen LogP contribution < -0.4 is 4.74 Å². The molecule has 2 aromatic carbocycles. The van der Waals surface area contributed by atoms with Crippen molar-refractivity contribution in [3.63, 3.8) is 0 Å². The van der Waals surface area contributed by atoms with Crippen molar-refractivity contribution in [2.45, 2.75) is 0 Å². The Morgan fingerprint density at radius 1 is 0.941 bits per heavy atom. The lowest BCUT2D eigenvalue weighted by Gasteiger charge is -2.03. The third kappa shape index (κ3) is 1.10. The number of aromatic nitrogens is 1. The maximum atomic E-state index is 5.74. The zero-order valence-corrected chi connectivity index (χ0v) is 9.26. The third-order valence-electron chi connectivity index (χ3n) is 3.28. The summed E-state index contributed by atoms with van der Waals surface area (Å²) in [6.45, 7) is 0.634. The van der Waals surface area contributed by atoms with E-state index in [-0.39, 0.29) is 0 Å². The Kier molecular flexibility index (Phi) is 1.64. The van der Waals surface area contributed by atoms with E-state index in [1.165, 1.54) is 21.8 Å². The smallest absolute Gasteiger partial charge is 0.144 e. The Morgan fingerprint density at radius 2 is 1.82 bits per heavy atom. The van der Waals surface area contributed by atoms with E-state index in [0.717, 1.165) is 5.75 Å². The Morgan fingerprint density at radius 3 is 2.82 bits per heavy atom. The third-order valence-corrected chi connectivity index (χ3v) is 3.28. The van der Waals surface area contributed by atoms with Gasteiger partial charge in [-0.2, -0.15) is 0 Å². The Bertz CT molecular complexity index is 752. The molecule has 2 heteroatoms.